The van der Waals surface area contributed by atoms with Gasteiger partial charge >= 0.3 is 18.0 Å². The fourth-order valence-corrected chi connectivity index (χ4v) is 2.73. The van der Waals surface area contributed by atoms with Crippen molar-refractivity contribution in [3.05, 3.63) is 35.9 Å². The summed E-state index contributed by atoms with van der Waals surface area (Å²) in [7, 11) is 0. The summed E-state index contributed by atoms with van der Waals surface area (Å²) in [6.45, 7) is 5.79. The van der Waals surface area contributed by atoms with Gasteiger partial charge in [-0.1, -0.05) is 30.3 Å². The van der Waals surface area contributed by atoms with Gasteiger partial charge in [0.25, 0.3) is 0 Å². The molecule has 0 radical (unpaired) electrons. The minimum atomic E-state index is -1.41. The van der Waals surface area contributed by atoms with Gasteiger partial charge in [0.15, 0.2) is 6.04 Å². The maximum Gasteiger partial charge on any atom is 0.407 e. The maximum absolute atomic E-state index is 12.8. The molecule has 0 bridgehead atoms. The number of aliphatic hydroxyl groups excluding tert-OH is 1. The number of hydrogen-bond donors (Lipinski definition) is 4. The molecular formula is C24H35N3O9. The maximum atomic E-state index is 12.8. The summed E-state index contributed by atoms with van der Waals surface area (Å²) in [6, 6.07) is 6.06. The van der Waals surface area contributed by atoms with Crippen molar-refractivity contribution in [2.45, 2.75) is 64.8 Å². The summed E-state index contributed by atoms with van der Waals surface area (Å²) in [6.07, 6.45) is -1.47. The van der Waals surface area contributed by atoms with Gasteiger partial charge in [-0.3, -0.25) is 14.4 Å². The number of esters is 2. The molecule has 2 atom stereocenters. The third kappa shape index (κ3) is 12.7. The van der Waals surface area contributed by atoms with Crippen molar-refractivity contribution in [1.29, 1.82) is 0 Å². The van der Waals surface area contributed by atoms with Gasteiger partial charge in [0.1, 0.15) is 18.2 Å². The van der Waals surface area contributed by atoms with Gasteiger partial charge in [0.2, 0.25) is 11.8 Å². The minimum Gasteiger partial charge on any atom is -0.464 e. The fourth-order valence-electron chi connectivity index (χ4n) is 2.73. The van der Waals surface area contributed by atoms with Crippen LogP contribution in [0.2, 0.25) is 0 Å². The molecule has 200 valence electrons. The lowest BCUT2D eigenvalue weighted by Crippen LogP contribution is -2.54. The molecule has 0 unspecified atom stereocenters. The van der Waals surface area contributed by atoms with Crippen LogP contribution >= 0.6 is 0 Å². The summed E-state index contributed by atoms with van der Waals surface area (Å²) in [5.41, 5.74) is 0.0180. The van der Waals surface area contributed by atoms with E-state index < -0.39 is 60.6 Å². The van der Waals surface area contributed by atoms with Crippen LogP contribution in [0, 0.1) is 0 Å². The van der Waals surface area contributed by atoms with E-state index in [9.17, 15) is 29.1 Å². The SMILES string of the molecule is CCOC(=O)[C@H](CO)NC(=O)[C@H](CC(=O)OCc1ccccc1)NC(=O)CCNC(=O)OC(C)(C)C. The van der Waals surface area contributed by atoms with Crippen LogP contribution < -0.4 is 16.0 Å². The van der Waals surface area contributed by atoms with E-state index in [1.165, 1.54) is 0 Å². The first-order chi connectivity index (χ1) is 16.9. The molecule has 0 fully saturated rings. The number of carbonyl (C=O) groups is 5. The van der Waals surface area contributed by atoms with Crippen LogP contribution in [0.3, 0.4) is 0 Å². The standard InChI is InChI=1S/C24H35N3O9/c1-5-34-22(32)18(14-28)27-21(31)17(13-20(30)35-15-16-9-7-6-8-10-16)26-19(29)11-12-25-23(33)36-24(2,3)4/h6-10,17-18,28H,5,11-15H2,1-4H3,(H,25,33)(H,26,29)(H,27,31)/t17-,18-/m0/s1. The van der Waals surface area contributed by atoms with Crippen molar-refractivity contribution >= 4 is 29.8 Å². The molecule has 0 aromatic heterocycles. The zero-order valence-electron chi connectivity index (χ0n) is 21.0. The average molecular weight is 510 g/mol. The smallest absolute Gasteiger partial charge is 0.407 e. The Kier molecular flexibility index (Phi) is 12.9. The predicted octanol–water partition coefficient (Wildman–Crippen LogP) is 0.560. The predicted molar refractivity (Wildman–Crippen MR) is 127 cm³/mol. The summed E-state index contributed by atoms with van der Waals surface area (Å²) >= 11 is 0. The zero-order chi connectivity index (χ0) is 27.1. The number of benzene rings is 1. The fraction of sp³-hybridized carbons (Fsp3) is 0.542. The second kappa shape index (κ2) is 15.4. The highest BCUT2D eigenvalue weighted by atomic mass is 16.6. The van der Waals surface area contributed by atoms with Gasteiger partial charge in [-0.15, -0.1) is 0 Å². The first-order valence-electron chi connectivity index (χ1n) is 11.5. The Hall–Kier alpha value is -3.67. The second-order valence-electron chi connectivity index (χ2n) is 8.64. The Labute approximate surface area is 210 Å². The Bertz CT molecular complexity index is 885. The second-order valence-corrected chi connectivity index (χ2v) is 8.64. The van der Waals surface area contributed by atoms with Crippen molar-refractivity contribution in [2.24, 2.45) is 0 Å². The monoisotopic (exact) mass is 509 g/mol. The molecule has 3 amide bonds. The summed E-state index contributed by atoms with van der Waals surface area (Å²) in [5.74, 6) is -3.19. The van der Waals surface area contributed by atoms with E-state index >= 15 is 0 Å². The van der Waals surface area contributed by atoms with Gasteiger partial charge < -0.3 is 35.3 Å². The molecule has 1 rings (SSSR count). The van der Waals surface area contributed by atoms with E-state index in [0.29, 0.717) is 0 Å². The van der Waals surface area contributed by atoms with Gasteiger partial charge in [-0.25, -0.2) is 9.59 Å². The number of aliphatic hydroxyl groups is 1. The lowest BCUT2D eigenvalue weighted by atomic mass is 10.1. The Morgan fingerprint density at radius 2 is 1.64 bits per heavy atom. The molecule has 0 spiro atoms. The topological polar surface area (TPSA) is 169 Å². The highest BCUT2D eigenvalue weighted by Gasteiger charge is 2.29. The van der Waals surface area contributed by atoms with Crippen molar-refractivity contribution in [2.75, 3.05) is 19.8 Å². The third-order valence-electron chi connectivity index (χ3n) is 4.36. The van der Waals surface area contributed by atoms with Crippen LogP contribution in [0.15, 0.2) is 30.3 Å². The molecule has 0 aliphatic heterocycles. The normalized spacial score (nSPS) is 12.5. The lowest BCUT2D eigenvalue weighted by Gasteiger charge is -2.21. The molecule has 12 nitrogen and oxygen atoms in total. The first kappa shape index (κ1) is 30.4. The van der Waals surface area contributed by atoms with Crippen LogP contribution in [0.4, 0.5) is 4.79 Å². The van der Waals surface area contributed by atoms with Gasteiger partial charge in [-0.05, 0) is 33.3 Å². The molecule has 0 heterocycles. The van der Waals surface area contributed by atoms with Gasteiger partial charge in [0, 0.05) is 13.0 Å². The molecule has 36 heavy (non-hydrogen) atoms. The Morgan fingerprint density at radius 3 is 2.22 bits per heavy atom. The van der Waals surface area contributed by atoms with Crippen LogP contribution in [0.1, 0.15) is 46.1 Å². The molecular weight excluding hydrogens is 474 g/mol. The van der Waals surface area contributed by atoms with Crippen molar-refractivity contribution in [3.63, 3.8) is 0 Å². The molecule has 0 saturated heterocycles. The molecule has 1 aromatic carbocycles. The number of ether oxygens (including phenoxy) is 3. The van der Waals surface area contributed by atoms with E-state index in [2.05, 4.69) is 16.0 Å². The van der Waals surface area contributed by atoms with Crippen molar-refractivity contribution in [1.82, 2.24) is 16.0 Å². The summed E-state index contributed by atoms with van der Waals surface area (Å²) < 4.78 is 15.1. The molecule has 4 N–H and O–H groups in total. The minimum absolute atomic E-state index is 0.0296. The lowest BCUT2D eigenvalue weighted by molar-refractivity contribution is -0.149. The molecule has 1 aromatic rings. The van der Waals surface area contributed by atoms with E-state index in [-0.39, 0.29) is 26.2 Å². The third-order valence-corrected chi connectivity index (χ3v) is 4.36. The number of carbonyl (C=O) groups excluding carboxylic acids is 5. The van der Waals surface area contributed by atoms with Crippen LogP contribution in [-0.2, 0) is 40.0 Å². The van der Waals surface area contributed by atoms with Crippen molar-refractivity contribution < 1.29 is 43.3 Å². The van der Waals surface area contributed by atoms with E-state index in [1.54, 1.807) is 58.0 Å². The molecule has 0 aliphatic rings. The largest absolute Gasteiger partial charge is 0.464 e. The van der Waals surface area contributed by atoms with Crippen molar-refractivity contribution in [3.8, 4) is 0 Å². The van der Waals surface area contributed by atoms with Gasteiger partial charge in [-0.2, -0.15) is 0 Å². The van der Waals surface area contributed by atoms with Crippen LogP contribution in [0.5, 0.6) is 0 Å². The molecule has 0 saturated carbocycles. The Balaban J connectivity index is 2.77. The highest BCUT2D eigenvalue weighted by molar-refractivity contribution is 5.93. The quantitative estimate of drug-likeness (QED) is 0.219. The summed E-state index contributed by atoms with van der Waals surface area (Å²) in [5, 5.41) is 16.5. The number of hydrogen-bond acceptors (Lipinski definition) is 9. The zero-order valence-corrected chi connectivity index (χ0v) is 21.0. The number of alkyl carbamates (subject to hydrolysis) is 1. The number of amides is 3. The van der Waals surface area contributed by atoms with E-state index in [4.69, 9.17) is 14.2 Å². The number of nitrogens with one attached hydrogen (secondary N) is 3. The Morgan fingerprint density at radius 1 is 0.972 bits per heavy atom. The average Bonchev–Trinajstić information content (AvgIpc) is 2.80. The molecule has 12 heteroatoms. The molecule has 0 aliphatic carbocycles. The van der Waals surface area contributed by atoms with E-state index in [1.807, 2.05) is 0 Å². The van der Waals surface area contributed by atoms with Crippen LogP contribution in [0.25, 0.3) is 0 Å². The van der Waals surface area contributed by atoms with E-state index in [0.717, 1.165) is 5.56 Å². The van der Waals surface area contributed by atoms with Crippen LogP contribution in [-0.4, -0.2) is 72.4 Å². The van der Waals surface area contributed by atoms with Gasteiger partial charge in [0.05, 0.1) is 19.6 Å². The first-order valence-corrected chi connectivity index (χ1v) is 11.5. The highest BCUT2D eigenvalue weighted by Crippen LogP contribution is 2.07. The summed E-state index contributed by atoms with van der Waals surface area (Å²) in [4.78, 5) is 61.2. The number of rotatable bonds is 13.